The van der Waals surface area contributed by atoms with Crippen molar-refractivity contribution >= 4 is 17.8 Å². The van der Waals surface area contributed by atoms with Gasteiger partial charge in [-0.3, -0.25) is 4.90 Å². The largest absolute Gasteiger partial charge is 0.368 e. The van der Waals surface area contributed by atoms with Crippen LogP contribution in [0.5, 0.6) is 0 Å². The van der Waals surface area contributed by atoms with Crippen LogP contribution in [0.1, 0.15) is 19.3 Å². The topological polar surface area (TPSA) is 74.4 Å². The Labute approximate surface area is 119 Å². The molecule has 0 saturated carbocycles. The Bertz CT molecular complexity index is 490. The highest BCUT2D eigenvalue weighted by atomic mass is 15.4. The quantitative estimate of drug-likeness (QED) is 0.827. The zero-order valence-electron chi connectivity index (χ0n) is 12.5. The molecular formula is C13H23N7. The molecule has 2 N–H and O–H groups in total. The number of hydrogen-bond donors (Lipinski definition) is 1. The van der Waals surface area contributed by atoms with Gasteiger partial charge in [0.25, 0.3) is 0 Å². The number of nitrogens with two attached hydrogens (primary N) is 1. The molecule has 0 aromatic carbocycles. The molecule has 2 saturated heterocycles. The van der Waals surface area contributed by atoms with Gasteiger partial charge in [-0.2, -0.15) is 15.0 Å². The van der Waals surface area contributed by atoms with Crippen LogP contribution in [-0.2, 0) is 0 Å². The molecule has 7 nitrogen and oxygen atoms in total. The second-order valence-corrected chi connectivity index (χ2v) is 5.97. The molecule has 2 aliphatic heterocycles. The Morgan fingerprint density at radius 3 is 2.60 bits per heavy atom. The van der Waals surface area contributed by atoms with E-state index in [9.17, 15) is 0 Å². The first-order valence-electron chi connectivity index (χ1n) is 7.20. The molecule has 3 rings (SSSR count). The normalized spacial score (nSPS) is 26.6. The Morgan fingerprint density at radius 2 is 1.85 bits per heavy atom. The zero-order chi connectivity index (χ0) is 14.3. The Balaban J connectivity index is 1.86. The van der Waals surface area contributed by atoms with E-state index >= 15 is 0 Å². The van der Waals surface area contributed by atoms with Gasteiger partial charge in [-0.1, -0.05) is 0 Å². The molecule has 1 aromatic heterocycles. The molecular weight excluding hydrogens is 254 g/mol. The van der Waals surface area contributed by atoms with Crippen LogP contribution in [0.2, 0.25) is 0 Å². The van der Waals surface area contributed by atoms with Crippen LogP contribution in [0, 0.1) is 0 Å². The van der Waals surface area contributed by atoms with E-state index in [1.807, 2.05) is 19.0 Å². The molecule has 7 heteroatoms. The Hall–Kier alpha value is -1.63. The number of anilines is 3. The molecule has 2 fully saturated rings. The average Bonchev–Trinajstić information content (AvgIpc) is 2.62. The lowest BCUT2D eigenvalue weighted by atomic mass is 10.1. The Morgan fingerprint density at radius 1 is 1.10 bits per heavy atom. The number of rotatable bonds is 2. The highest BCUT2D eigenvalue weighted by Crippen LogP contribution is 2.30. The summed E-state index contributed by atoms with van der Waals surface area (Å²) in [5.74, 6) is 1.62. The molecule has 0 radical (unpaired) electrons. The van der Waals surface area contributed by atoms with E-state index in [2.05, 4.69) is 31.8 Å². The van der Waals surface area contributed by atoms with E-state index in [1.165, 1.54) is 12.8 Å². The van der Waals surface area contributed by atoms with E-state index in [4.69, 9.17) is 5.73 Å². The Kier molecular flexibility index (Phi) is 3.37. The second-order valence-electron chi connectivity index (χ2n) is 5.97. The summed E-state index contributed by atoms with van der Waals surface area (Å²) in [4.78, 5) is 19.6. The van der Waals surface area contributed by atoms with Gasteiger partial charge < -0.3 is 15.5 Å². The predicted octanol–water partition coefficient (Wildman–Crippen LogP) is 0.193. The minimum absolute atomic E-state index is 0.293. The van der Waals surface area contributed by atoms with Crippen LogP contribution < -0.4 is 15.5 Å². The van der Waals surface area contributed by atoms with Gasteiger partial charge in [0.2, 0.25) is 17.8 Å². The van der Waals surface area contributed by atoms with Crippen LogP contribution in [-0.4, -0.2) is 66.2 Å². The van der Waals surface area contributed by atoms with Gasteiger partial charge in [-0.15, -0.1) is 0 Å². The molecule has 20 heavy (non-hydrogen) atoms. The number of nitrogens with zero attached hydrogens (tertiary/aromatic N) is 6. The van der Waals surface area contributed by atoms with Crippen molar-refractivity contribution in [2.24, 2.45) is 0 Å². The van der Waals surface area contributed by atoms with Gasteiger partial charge in [0.15, 0.2) is 0 Å². The minimum atomic E-state index is 0.293. The molecule has 110 valence electrons. The third-order valence-corrected chi connectivity index (χ3v) is 4.46. The summed E-state index contributed by atoms with van der Waals surface area (Å²) in [7, 11) is 6.06. The van der Waals surface area contributed by atoms with Gasteiger partial charge in [0, 0.05) is 39.3 Å². The van der Waals surface area contributed by atoms with Crippen LogP contribution >= 0.6 is 0 Å². The fraction of sp³-hybridized carbons (Fsp3) is 0.769. The van der Waals surface area contributed by atoms with Crippen molar-refractivity contribution in [3.8, 4) is 0 Å². The smallest absolute Gasteiger partial charge is 0.232 e. The van der Waals surface area contributed by atoms with Gasteiger partial charge in [0.05, 0.1) is 0 Å². The molecule has 0 spiro atoms. The van der Waals surface area contributed by atoms with Crippen molar-refractivity contribution in [2.75, 3.05) is 49.8 Å². The maximum atomic E-state index is 5.82. The van der Waals surface area contributed by atoms with Gasteiger partial charge >= 0.3 is 0 Å². The lowest BCUT2D eigenvalue weighted by Gasteiger charge is -2.26. The third-order valence-electron chi connectivity index (χ3n) is 4.46. The second kappa shape index (κ2) is 5.05. The summed E-state index contributed by atoms with van der Waals surface area (Å²) in [6, 6.07) is 1.31. The van der Waals surface area contributed by atoms with Gasteiger partial charge in [-0.05, 0) is 26.3 Å². The fourth-order valence-corrected chi connectivity index (χ4v) is 3.20. The van der Waals surface area contributed by atoms with Crippen LogP contribution in [0.25, 0.3) is 0 Å². The van der Waals surface area contributed by atoms with Crippen molar-refractivity contribution < 1.29 is 0 Å². The fourth-order valence-electron chi connectivity index (χ4n) is 3.20. The molecule has 0 aliphatic carbocycles. The summed E-state index contributed by atoms with van der Waals surface area (Å²) < 4.78 is 0. The minimum Gasteiger partial charge on any atom is -0.368 e. The summed E-state index contributed by atoms with van der Waals surface area (Å²) in [6.45, 7) is 1.96. The summed E-state index contributed by atoms with van der Waals surface area (Å²) in [6.07, 6.45) is 3.74. The summed E-state index contributed by atoms with van der Waals surface area (Å²) in [5.41, 5.74) is 5.82. The van der Waals surface area contributed by atoms with Crippen molar-refractivity contribution in [2.45, 2.75) is 31.3 Å². The lowest BCUT2D eigenvalue weighted by molar-refractivity contribution is 0.254. The lowest BCUT2D eigenvalue weighted by Crippen LogP contribution is -2.37. The monoisotopic (exact) mass is 277 g/mol. The van der Waals surface area contributed by atoms with Crippen LogP contribution in [0.4, 0.5) is 17.8 Å². The van der Waals surface area contributed by atoms with Crippen molar-refractivity contribution in [3.63, 3.8) is 0 Å². The van der Waals surface area contributed by atoms with E-state index in [1.54, 1.807) is 0 Å². The predicted molar refractivity (Wildman–Crippen MR) is 80.0 cm³/mol. The molecule has 2 bridgehead atoms. The first kappa shape index (κ1) is 13.4. The molecule has 2 aliphatic rings. The van der Waals surface area contributed by atoms with Crippen molar-refractivity contribution in [3.05, 3.63) is 0 Å². The molecule has 2 atom stereocenters. The third kappa shape index (κ3) is 2.37. The number of fused-ring (bicyclic) bond motifs is 2. The summed E-state index contributed by atoms with van der Waals surface area (Å²) in [5, 5.41) is 0. The zero-order valence-corrected chi connectivity index (χ0v) is 12.5. The van der Waals surface area contributed by atoms with E-state index in [0.717, 1.165) is 19.5 Å². The van der Waals surface area contributed by atoms with Gasteiger partial charge in [0.1, 0.15) is 0 Å². The summed E-state index contributed by atoms with van der Waals surface area (Å²) >= 11 is 0. The van der Waals surface area contributed by atoms with E-state index in [0.29, 0.717) is 29.9 Å². The molecule has 2 unspecified atom stereocenters. The van der Waals surface area contributed by atoms with Crippen LogP contribution in [0.3, 0.4) is 0 Å². The standard InChI is InChI=1S/C13H23N7/c1-18(2)12-15-11(14)16-13(17-12)20-7-6-9-4-5-10(8-20)19(9)3/h9-10H,4-8H2,1-3H3,(H2,14,15,16,17). The van der Waals surface area contributed by atoms with Crippen molar-refractivity contribution in [1.29, 1.82) is 0 Å². The SMILES string of the molecule is CN(C)c1nc(N)nc(N2CCC3CCC(C2)N3C)n1. The highest BCUT2D eigenvalue weighted by Gasteiger charge is 2.35. The van der Waals surface area contributed by atoms with E-state index in [-0.39, 0.29) is 0 Å². The van der Waals surface area contributed by atoms with E-state index < -0.39 is 0 Å². The average molecular weight is 277 g/mol. The maximum Gasteiger partial charge on any atom is 0.232 e. The number of likely N-dealkylation sites (N-methyl/N-ethyl adjacent to an activating group) is 1. The number of aromatic nitrogens is 3. The van der Waals surface area contributed by atoms with Crippen LogP contribution in [0.15, 0.2) is 0 Å². The molecule has 1 aromatic rings. The first-order chi connectivity index (χ1) is 9.54. The first-order valence-corrected chi connectivity index (χ1v) is 7.20. The van der Waals surface area contributed by atoms with Crippen molar-refractivity contribution in [1.82, 2.24) is 19.9 Å². The number of hydrogen-bond acceptors (Lipinski definition) is 7. The van der Waals surface area contributed by atoms with Gasteiger partial charge in [-0.25, -0.2) is 0 Å². The maximum absolute atomic E-state index is 5.82. The number of nitrogen functional groups attached to an aromatic ring is 1. The molecule has 0 amide bonds. The highest BCUT2D eigenvalue weighted by molar-refractivity contribution is 5.43. The molecule has 3 heterocycles.